The van der Waals surface area contributed by atoms with Gasteiger partial charge in [-0.25, -0.2) is 14.8 Å². The number of amides is 1. The van der Waals surface area contributed by atoms with Crippen LogP contribution in [0.3, 0.4) is 0 Å². The van der Waals surface area contributed by atoms with Gasteiger partial charge in [0, 0.05) is 12.6 Å². The fourth-order valence-electron chi connectivity index (χ4n) is 3.54. The quantitative estimate of drug-likeness (QED) is 0.659. The van der Waals surface area contributed by atoms with Crippen molar-refractivity contribution in [2.75, 3.05) is 20.3 Å². The van der Waals surface area contributed by atoms with Crippen LogP contribution >= 0.6 is 0 Å². The lowest BCUT2D eigenvalue weighted by molar-refractivity contribution is 0.00821. The maximum Gasteiger partial charge on any atom is 0.410 e. The summed E-state index contributed by atoms with van der Waals surface area (Å²) in [5.41, 5.74) is 1.06. The zero-order chi connectivity index (χ0) is 20.9. The molecule has 0 aliphatic carbocycles. The molecule has 2 heterocycles. The molecule has 0 radical (unpaired) electrons. The monoisotopic (exact) mass is 401 g/mol. The van der Waals surface area contributed by atoms with Gasteiger partial charge in [0.2, 0.25) is 0 Å². The van der Waals surface area contributed by atoms with Crippen molar-refractivity contribution >= 4 is 17.1 Å². The number of hydrogen-bond acceptors (Lipinski definition) is 6. The number of carbonyl (C=O) groups excluding carboxylic acids is 1. The largest absolute Gasteiger partial charge is 0.477 e. The molecule has 0 spiro atoms. The first-order chi connectivity index (χ1) is 13.9. The summed E-state index contributed by atoms with van der Waals surface area (Å²) >= 11 is 0. The lowest BCUT2D eigenvalue weighted by Crippen LogP contribution is -2.46. The number of para-hydroxylation sites is 2. The molecule has 1 atom stereocenters. The summed E-state index contributed by atoms with van der Waals surface area (Å²) in [7, 11) is 1.56. The Kier molecular flexibility index (Phi) is 6.77. The van der Waals surface area contributed by atoms with E-state index in [1.54, 1.807) is 7.11 Å². The molecule has 3 rings (SSSR count). The molecule has 158 valence electrons. The zero-order valence-corrected chi connectivity index (χ0v) is 17.8. The molecule has 0 saturated carbocycles. The normalized spacial score (nSPS) is 17.2. The third-order valence-corrected chi connectivity index (χ3v) is 4.88. The number of aromatic nitrogens is 2. The number of ether oxygens (including phenoxy) is 3. The Hall–Kier alpha value is -2.57. The SMILES string of the molecule is COc1nc2ccccc2nc1OCCC[C@@H]1CCCCN1C(=O)OC(C)(C)C. The predicted octanol–water partition coefficient (Wildman–Crippen LogP) is 4.59. The van der Waals surface area contributed by atoms with Gasteiger partial charge in [-0.3, -0.25) is 0 Å². The lowest BCUT2D eigenvalue weighted by atomic mass is 9.98. The van der Waals surface area contributed by atoms with Crippen molar-refractivity contribution in [3.05, 3.63) is 24.3 Å². The first-order valence-electron chi connectivity index (χ1n) is 10.3. The minimum atomic E-state index is -0.479. The second-order valence-corrected chi connectivity index (χ2v) is 8.34. The summed E-state index contributed by atoms with van der Waals surface area (Å²) in [5, 5.41) is 0. The van der Waals surface area contributed by atoms with Crippen LogP contribution in [0.2, 0.25) is 0 Å². The van der Waals surface area contributed by atoms with E-state index in [0.29, 0.717) is 18.4 Å². The van der Waals surface area contributed by atoms with E-state index in [1.807, 2.05) is 49.9 Å². The van der Waals surface area contributed by atoms with E-state index >= 15 is 0 Å². The maximum absolute atomic E-state index is 12.5. The standard InChI is InChI=1S/C22H31N3O4/c1-22(2,3)29-21(26)25-14-8-7-10-16(25)11-9-15-28-20-19(27-4)23-17-12-5-6-13-18(17)24-20/h5-6,12-13,16H,7-11,14-15H2,1-4H3/t16-/m0/s1. The molecule has 29 heavy (non-hydrogen) atoms. The van der Waals surface area contributed by atoms with Crippen LogP contribution in [0.25, 0.3) is 11.0 Å². The summed E-state index contributed by atoms with van der Waals surface area (Å²) in [6, 6.07) is 7.81. The minimum absolute atomic E-state index is 0.187. The van der Waals surface area contributed by atoms with Gasteiger partial charge >= 0.3 is 6.09 Å². The van der Waals surface area contributed by atoms with E-state index in [4.69, 9.17) is 14.2 Å². The predicted molar refractivity (Wildman–Crippen MR) is 111 cm³/mol. The van der Waals surface area contributed by atoms with Gasteiger partial charge < -0.3 is 19.1 Å². The van der Waals surface area contributed by atoms with Gasteiger partial charge in [-0.15, -0.1) is 0 Å². The van der Waals surface area contributed by atoms with Crippen LogP contribution in [0.5, 0.6) is 11.8 Å². The second-order valence-electron chi connectivity index (χ2n) is 8.34. The smallest absolute Gasteiger partial charge is 0.410 e. The summed E-state index contributed by atoms with van der Waals surface area (Å²) < 4.78 is 16.8. The van der Waals surface area contributed by atoms with E-state index in [2.05, 4.69) is 9.97 Å². The summed E-state index contributed by atoms with van der Waals surface area (Å²) in [6.45, 7) is 6.94. The van der Waals surface area contributed by atoms with E-state index in [0.717, 1.165) is 49.7 Å². The molecule has 1 saturated heterocycles. The van der Waals surface area contributed by atoms with Crippen molar-refractivity contribution < 1.29 is 19.0 Å². The summed E-state index contributed by atoms with van der Waals surface area (Å²) in [4.78, 5) is 23.4. The Balaban J connectivity index is 1.56. The van der Waals surface area contributed by atoms with Crippen molar-refractivity contribution in [2.24, 2.45) is 0 Å². The highest BCUT2D eigenvalue weighted by Gasteiger charge is 2.30. The zero-order valence-electron chi connectivity index (χ0n) is 17.8. The number of carbonyl (C=O) groups is 1. The molecule has 1 aliphatic rings. The van der Waals surface area contributed by atoms with Gasteiger partial charge in [0.1, 0.15) is 5.60 Å². The van der Waals surface area contributed by atoms with Crippen molar-refractivity contribution in [2.45, 2.75) is 64.5 Å². The molecule has 2 aromatic rings. The third kappa shape index (κ3) is 5.71. The molecule has 0 bridgehead atoms. The number of likely N-dealkylation sites (tertiary alicyclic amines) is 1. The Morgan fingerprint density at radius 1 is 1.14 bits per heavy atom. The first kappa shape index (κ1) is 21.1. The number of hydrogen-bond donors (Lipinski definition) is 0. The molecule has 1 amide bonds. The number of piperidine rings is 1. The van der Waals surface area contributed by atoms with Crippen LogP contribution in [-0.2, 0) is 4.74 Å². The van der Waals surface area contributed by atoms with Crippen molar-refractivity contribution in [1.82, 2.24) is 14.9 Å². The van der Waals surface area contributed by atoms with Crippen molar-refractivity contribution in [1.29, 1.82) is 0 Å². The van der Waals surface area contributed by atoms with E-state index in [-0.39, 0.29) is 12.1 Å². The van der Waals surface area contributed by atoms with Gasteiger partial charge in [0.05, 0.1) is 24.8 Å². The third-order valence-electron chi connectivity index (χ3n) is 4.88. The summed E-state index contributed by atoms with van der Waals surface area (Å²) in [5.74, 6) is 0.788. The number of benzene rings is 1. The van der Waals surface area contributed by atoms with Gasteiger partial charge in [-0.1, -0.05) is 12.1 Å². The molecule has 7 heteroatoms. The molecular formula is C22H31N3O4. The number of nitrogens with zero attached hydrogens (tertiary/aromatic N) is 3. The number of methoxy groups -OCH3 is 1. The molecule has 1 aliphatic heterocycles. The number of rotatable bonds is 6. The molecule has 1 aromatic heterocycles. The number of fused-ring (bicyclic) bond motifs is 1. The van der Waals surface area contributed by atoms with Crippen LogP contribution in [0.1, 0.15) is 52.9 Å². The highest BCUT2D eigenvalue weighted by atomic mass is 16.6. The van der Waals surface area contributed by atoms with Crippen LogP contribution < -0.4 is 9.47 Å². The van der Waals surface area contributed by atoms with Gasteiger partial charge in [-0.05, 0) is 65.0 Å². The van der Waals surface area contributed by atoms with Gasteiger partial charge in [-0.2, -0.15) is 0 Å². The highest BCUT2D eigenvalue weighted by molar-refractivity contribution is 5.75. The highest BCUT2D eigenvalue weighted by Crippen LogP contribution is 2.26. The minimum Gasteiger partial charge on any atom is -0.477 e. The topological polar surface area (TPSA) is 73.8 Å². The molecule has 1 fully saturated rings. The van der Waals surface area contributed by atoms with E-state index < -0.39 is 5.60 Å². The van der Waals surface area contributed by atoms with Crippen LogP contribution in [0.15, 0.2) is 24.3 Å². The average molecular weight is 402 g/mol. The van der Waals surface area contributed by atoms with E-state index in [9.17, 15) is 4.79 Å². The molecule has 1 aromatic carbocycles. The maximum atomic E-state index is 12.5. The first-order valence-corrected chi connectivity index (χ1v) is 10.3. The molecule has 0 N–H and O–H groups in total. The van der Waals surface area contributed by atoms with Crippen LogP contribution in [-0.4, -0.2) is 52.9 Å². The molecule has 0 unspecified atom stereocenters. The van der Waals surface area contributed by atoms with Crippen molar-refractivity contribution in [3.63, 3.8) is 0 Å². The molecule has 7 nitrogen and oxygen atoms in total. The Labute approximate surface area is 172 Å². The summed E-state index contributed by atoms with van der Waals surface area (Å²) in [6.07, 6.45) is 4.61. The van der Waals surface area contributed by atoms with Crippen molar-refractivity contribution in [3.8, 4) is 11.8 Å². The Morgan fingerprint density at radius 2 is 1.83 bits per heavy atom. The fourth-order valence-corrected chi connectivity index (χ4v) is 3.54. The van der Waals surface area contributed by atoms with Crippen LogP contribution in [0, 0.1) is 0 Å². The van der Waals surface area contributed by atoms with E-state index in [1.165, 1.54) is 0 Å². The Bertz CT molecular complexity index is 834. The van der Waals surface area contributed by atoms with Gasteiger partial charge in [0.15, 0.2) is 0 Å². The second kappa shape index (κ2) is 9.29. The fraction of sp³-hybridized carbons (Fsp3) is 0.591. The average Bonchev–Trinajstić information content (AvgIpc) is 2.69. The van der Waals surface area contributed by atoms with Crippen LogP contribution in [0.4, 0.5) is 4.79 Å². The lowest BCUT2D eigenvalue weighted by Gasteiger charge is -2.36. The Morgan fingerprint density at radius 3 is 2.48 bits per heavy atom. The molecular weight excluding hydrogens is 370 g/mol. The van der Waals surface area contributed by atoms with Gasteiger partial charge in [0.25, 0.3) is 11.8 Å².